The summed E-state index contributed by atoms with van der Waals surface area (Å²) < 4.78 is 10.2. The van der Waals surface area contributed by atoms with Crippen LogP contribution < -0.4 is 10.2 Å². The van der Waals surface area contributed by atoms with E-state index in [9.17, 15) is 9.59 Å². The molecule has 0 fully saturated rings. The van der Waals surface area contributed by atoms with Crippen LogP contribution in [0.2, 0.25) is 0 Å². The third kappa shape index (κ3) is 5.39. The van der Waals surface area contributed by atoms with Crippen LogP contribution in [0.1, 0.15) is 18.9 Å². The molecule has 0 atom stereocenters. The normalized spacial score (nSPS) is 10.0. The van der Waals surface area contributed by atoms with Gasteiger partial charge in [0.15, 0.2) is 0 Å². The highest BCUT2D eigenvalue weighted by atomic mass is 16.6. The zero-order chi connectivity index (χ0) is 15.7. The number of nitrogens with one attached hydrogen (secondary N) is 1. The molecule has 0 saturated heterocycles. The number of nitrogens with zero attached hydrogens (tertiary/aromatic N) is 2. The van der Waals surface area contributed by atoms with Crippen LogP contribution in [0.25, 0.3) is 0 Å². The van der Waals surface area contributed by atoms with E-state index in [1.165, 1.54) is 4.90 Å². The molecule has 1 aromatic heterocycles. The van der Waals surface area contributed by atoms with Gasteiger partial charge in [-0.1, -0.05) is 13.0 Å². The van der Waals surface area contributed by atoms with Gasteiger partial charge in [0, 0.05) is 18.8 Å². The van der Waals surface area contributed by atoms with Gasteiger partial charge in [0.2, 0.25) is 0 Å². The first-order valence-corrected chi connectivity index (χ1v) is 6.74. The van der Waals surface area contributed by atoms with Crippen molar-refractivity contribution in [1.82, 2.24) is 10.3 Å². The molecule has 0 saturated carbocycles. The Kier molecular flexibility index (Phi) is 7.17. The number of esters is 1. The van der Waals surface area contributed by atoms with Crippen molar-refractivity contribution in [2.24, 2.45) is 0 Å². The van der Waals surface area contributed by atoms with Crippen molar-refractivity contribution in [3.05, 3.63) is 23.9 Å². The summed E-state index contributed by atoms with van der Waals surface area (Å²) in [5.41, 5.74) is 0.637. The first kappa shape index (κ1) is 16.9. The van der Waals surface area contributed by atoms with Crippen LogP contribution >= 0.6 is 0 Å². The highest BCUT2D eigenvalue weighted by Crippen LogP contribution is 2.17. The van der Waals surface area contributed by atoms with Crippen LogP contribution in [0, 0.1) is 0 Å². The molecule has 0 radical (unpaired) electrons. The van der Waals surface area contributed by atoms with Gasteiger partial charge in [-0.15, -0.1) is 0 Å². The number of likely N-dealkylation sites (N-methyl/N-ethyl adjacent to an activating group) is 1. The maximum absolute atomic E-state index is 11.8. The molecule has 21 heavy (non-hydrogen) atoms. The van der Waals surface area contributed by atoms with Crippen molar-refractivity contribution in [2.45, 2.75) is 20.0 Å². The third-order valence-corrected chi connectivity index (χ3v) is 2.60. The lowest BCUT2D eigenvalue weighted by molar-refractivity contribution is -0.143. The van der Waals surface area contributed by atoms with Crippen LogP contribution in [-0.4, -0.2) is 44.3 Å². The highest BCUT2D eigenvalue weighted by Gasteiger charge is 2.17. The number of anilines is 1. The molecule has 116 valence electrons. The van der Waals surface area contributed by atoms with Crippen LogP contribution in [0.3, 0.4) is 0 Å². The predicted octanol–water partition coefficient (Wildman–Crippen LogP) is 1.33. The molecule has 1 heterocycles. The molecular weight excluding hydrogens is 274 g/mol. The average Bonchev–Trinajstić information content (AvgIpc) is 2.50. The minimum atomic E-state index is -0.488. The SMILES string of the molecule is CCCOC(=O)N(C)c1ncccc1COC(=O)CNC. The van der Waals surface area contributed by atoms with Gasteiger partial charge in [0.1, 0.15) is 12.4 Å². The van der Waals surface area contributed by atoms with Crippen LogP contribution in [-0.2, 0) is 20.9 Å². The maximum Gasteiger partial charge on any atom is 0.415 e. The Hall–Kier alpha value is -2.15. The third-order valence-electron chi connectivity index (χ3n) is 2.60. The summed E-state index contributed by atoms with van der Waals surface area (Å²) in [6, 6.07) is 3.47. The van der Waals surface area contributed by atoms with E-state index < -0.39 is 6.09 Å². The molecule has 7 nitrogen and oxygen atoms in total. The summed E-state index contributed by atoms with van der Waals surface area (Å²) in [4.78, 5) is 28.7. The Morgan fingerprint density at radius 3 is 2.81 bits per heavy atom. The summed E-state index contributed by atoms with van der Waals surface area (Å²) in [6.07, 6.45) is 1.83. The second kappa shape index (κ2) is 8.91. The van der Waals surface area contributed by atoms with E-state index in [2.05, 4.69) is 10.3 Å². The van der Waals surface area contributed by atoms with Gasteiger partial charge in [0.05, 0.1) is 13.2 Å². The zero-order valence-electron chi connectivity index (χ0n) is 12.6. The Morgan fingerprint density at radius 1 is 1.38 bits per heavy atom. The zero-order valence-corrected chi connectivity index (χ0v) is 12.6. The van der Waals surface area contributed by atoms with E-state index in [0.29, 0.717) is 18.0 Å². The minimum absolute atomic E-state index is 0.0507. The average molecular weight is 295 g/mol. The minimum Gasteiger partial charge on any atom is -0.460 e. The number of rotatable bonds is 7. The molecule has 1 aromatic rings. The van der Waals surface area contributed by atoms with E-state index in [-0.39, 0.29) is 19.1 Å². The van der Waals surface area contributed by atoms with Gasteiger partial charge in [-0.25, -0.2) is 9.78 Å². The maximum atomic E-state index is 11.8. The fourth-order valence-electron chi connectivity index (χ4n) is 1.57. The lowest BCUT2D eigenvalue weighted by Crippen LogP contribution is -2.29. The van der Waals surface area contributed by atoms with Crippen molar-refractivity contribution in [1.29, 1.82) is 0 Å². The lowest BCUT2D eigenvalue weighted by Gasteiger charge is -2.18. The molecule has 0 aliphatic heterocycles. The number of aromatic nitrogens is 1. The van der Waals surface area contributed by atoms with Gasteiger partial charge in [-0.05, 0) is 19.5 Å². The molecule has 7 heteroatoms. The monoisotopic (exact) mass is 295 g/mol. The number of pyridine rings is 1. The van der Waals surface area contributed by atoms with Gasteiger partial charge in [0.25, 0.3) is 0 Å². The number of carbonyl (C=O) groups is 2. The second-order valence-electron chi connectivity index (χ2n) is 4.35. The number of carbonyl (C=O) groups excluding carboxylic acids is 2. The molecular formula is C14H21N3O4. The summed E-state index contributed by atoms with van der Waals surface area (Å²) in [5.74, 6) is 0.0411. The van der Waals surface area contributed by atoms with Crippen molar-refractivity contribution >= 4 is 17.9 Å². The Balaban J connectivity index is 2.74. The summed E-state index contributed by atoms with van der Waals surface area (Å²) in [7, 11) is 3.23. The summed E-state index contributed by atoms with van der Waals surface area (Å²) in [6.45, 7) is 2.45. The standard InChI is InChI=1S/C14H21N3O4/c1-4-8-20-14(19)17(3)13-11(6-5-7-16-13)10-21-12(18)9-15-2/h5-7,15H,4,8-10H2,1-3H3. The first-order valence-electron chi connectivity index (χ1n) is 6.74. The number of amides is 1. The molecule has 0 spiro atoms. The molecule has 0 bridgehead atoms. The van der Waals surface area contributed by atoms with E-state index in [0.717, 1.165) is 6.42 Å². The van der Waals surface area contributed by atoms with E-state index in [1.807, 2.05) is 6.92 Å². The lowest BCUT2D eigenvalue weighted by atomic mass is 10.2. The Labute approximate surface area is 124 Å². The fraction of sp³-hybridized carbons (Fsp3) is 0.500. The van der Waals surface area contributed by atoms with E-state index >= 15 is 0 Å². The molecule has 0 aromatic carbocycles. The largest absolute Gasteiger partial charge is 0.460 e. The topological polar surface area (TPSA) is 80.8 Å². The summed E-state index contributed by atoms with van der Waals surface area (Å²) >= 11 is 0. The predicted molar refractivity (Wildman–Crippen MR) is 78.0 cm³/mol. The van der Waals surface area contributed by atoms with Crippen molar-refractivity contribution in [3.8, 4) is 0 Å². The first-order chi connectivity index (χ1) is 10.1. The fourth-order valence-corrected chi connectivity index (χ4v) is 1.57. The van der Waals surface area contributed by atoms with Gasteiger partial charge in [-0.2, -0.15) is 0 Å². The molecule has 0 aliphatic carbocycles. The molecule has 0 aliphatic rings. The Bertz CT molecular complexity index is 479. The van der Waals surface area contributed by atoms with Crippen LogP contribution in [0.4, 0.5) is 10.6 Å². The second-order valence-corrected chi connectivity index (χ2v) is 4.35. The number of ether oxygens (including phenoxy) is 2. The van der Waals surface area contributed by atoms with Gasteiger partial charge >= 0.3 is 12.1 Å². The summed E-state index contributed by atoms with van der Waals surface area (Å²) in [5, 5.41) is 2.71. The van der Waals surface area contributed by atoms with E-state index in [1.54, 1.807) is 32.4 Å². The van der Waals surface area contributed by atoms with Crippen LogP contribution in [0.15, 0.2) is 18.3 Å². The van der Waals surface area contributed by atoms with E-state index in [4.69, 9.17) is 9.47 Å². The number of hydrogen-bond donors (Lipinski definition) is 1. The van der Waals surface area contributed by atoms with Gasteiger partial charge in [-0.3, -0.25) is 9.69 Å². The molecule has 1 rings (SSSR count). The smallest absolute Gasteiger partial charge is 0.415 e. The van der Waals surface area contributed by atoms with Crippen molar-refractivity contribution in [2.75, 3.05) is 32.1 Å². The highest BCUT2D eigenvalue weighted by molar-refractivity contribution is 5.86. The molecule has 0 unspecified atom stereocenters. The van der Waals surface area contributed by atoms with Crippen LogP contribution in [0.5, 0.6) is 0 Å². The molecule has 1 N–H and O–H groups in total. The van der Waals surface area contributed by atoms with Crippen molar-refractivity contribution < 1.29 is 19.1 Å². The van der Waals surface area contributed by atoms with Crippen molar-refractivity contribution in [3.63, 3.8) is 0 Å². The quantitative estimate of drug-likeness (QED) is 0.764. The number of hydrogen-bond acceptors (Lipinski definition) is 6. The Morgan fingerprint density at radius 2 is 2.14 bits per heavy atom. The molecule has 1 amide bonds. The van der Waals surface area contributed by atoms with Gasteiger partial charge < -0.3 is 14.8 Å².